The van der Waals surface area contributed by atoms with Crippen LogP contribution in [-0.2, 0) is 11.2 Å². The molecule has 1 fully saturated rings. The average molecular weight is 465 g/mol. The lowest BCUT2D eigenvalue weighted by Crippen LogP contribution is -2.18. The Labute approximate surface area is 204 Å². The normalized spacial score (nSPS) is 16.1. The van der Waals surface area contributed by atoms with Gasteiger partial charge >= 0.3 is 0 Å². The molecule has 0 bridgehead atoms. The van der Waals surface area contributed by atoms with Crippen LogP contribution < -0.4 is 5.32 Å². The van der Waals surface area contributed by atoms with E-state index in [0.29, 0.717) is 18.0 Å². The fourth-order valence-corrected chi connectivity index (χ4v) is 5.26. The molecule has 6 rings (SSSR count). The van der Waals surface area contributed by atoms with Crippen LogP contribution in [0.1, 0.15) is 62.0 Å². The lowest BCUT2D eigenvalue weighted by molar-refractivity contribution is -0.117. The molecule has 0 aromatic carbocycles. The number of aryl methyl sites for hydroxylation is 1. The number of carbonyl (C=O) groups excluding carboxylic acids is 1. The zero-order valence-electron chi connectivity index (χ0n) is 19.6. The van der Waals surface area contributed by atoms with Crippen LogP contribution in [0.4, 0.5) is 5.69 Å². The van der Waals surface area contributed by atoms with E-state index in [1.165, 1.54) is 24.8 Å². The Morgan fingerprint density at radius 3 is 2.83 bits per heavy atom. The van der Waals surface area contributed by atoms with Crippen LogP contribution in [0, 0.1) is 5.92 Å². The van der Waals surface area contributed by atoms with E-state index in [1.54, 1.807) is 24.8 Å². The molecule has 7 heteroatoms. The van der Waals surface area contributed by atoms with Crippen molar-refractivity contribution in [3.05, 3.63) is 72.2 Å². The van der Waals surface area contributed by atoms with Gasteiger partial charge in [-0.3, -0.25) is 14.8 Å². The van der Waals surface area contributed by atoms with Crippen molar-refractivity contribution in [2.24, 2.45) is 5.92 Å². The molecule has 4 aromatic heterocycles. The number of anilines is 1. The number of allylic oxidation sites excluding steroid dienone is 1. The van der Waals surface area contributed by atoms with Crippen molar-refractivity contribution in [1.29, 1.82) is 0 Å². The van der Waals surface area contributed by atoms with Crippen LogP contribution in [0.15, 0.2) is 55.1 Å². The molecule has 0 atom stereocenters. The molecule has 0 aliphatic heterocycles. The standard InChI is InChI=1S/C28H28N6O/c35-26(13-18-5-2-1-3-6-18)31-21-14-20(15-30-16-21)23-10-9-19-7-4-8-22(27(19)32-23)28-33-24-11-12-29-17-25(24)34-28/h8-12,14-18H,1-7,13H2,(H,31,35)(H,33,34). The Kier molecular flexibility index (Phi) is 5.82. The van der Waals surface area contributed by atoms with Gasteiger partial charge in [0.05, 0.1) is 40.5 Å². The van der Waals surface area contributed by atoms with Crippen LogP contribution in [0.3, 0.4) is 0 Å². The van der Waals surface area contributed by atoms with E-state index < -0.39 is 0 Å². The van der Waals surface area contributed by atoms with Crippen LogP contribution in [-0.4, -0.2) is 30.8 Å². The maximum absolute atomic E-state index is 12.6. The van der Waals surface area contributed by atoms with E-state index in [4.69, 9.17) is 9.97 Å². The van der Waals surface area contributed by atoms with Gasteiger partial charge in [-0.2, -0.15) is 0 Å². The third kappa shape index (κ3) is 4.58. The minimum Gasteiger partial charge on any atom is -0.337 e. The van der Waals surface area contributed by atoms with E-state index in [0.717, 1.165) is 65.1 Å². The largest absolute Gasteiger partial charge is 0.337 e. The Morgan fingerprint density at radius 2 is 1.94 bits per heavy atom. The van der Waals surface area contributed by atoms with Gasteiger partial charge in [0, 0.05) is 30.0 Å². The zero-order chi connectivity index (χ0) is 23.6. The Bertz CT molecular complexity index is 1380. The number of aromatic nitrogens is 5. The summed E-state index contributed by atoms with van der Waals surface area (Å²) in [5.74, 6) is 1.38. The third-order valence-electron chi connectivity index (χ3n) is 7.05. The Balaban J connectivity index is 1.26. The van der Waals surface area contributed by atoms with Crippen LogP contribution in [0.5, 0.6) is 0 Å². The molecule has 0 spiro atoms. The lowest BCUT2D eigenvalue weighted by Gasteiger charge is -2.20. The maximum Gasteiger partial charge on any atom is 0.224 e. The number of carbonyl (C=O) groups is 1. The number of nitrogens with zero attached hydrogens (tertiary/aromatic N) is 4. The first kappa shape index (κ1) is 21.6. The lowest BCUT2D eigenvalue weighted by atomic mass is 9.87. The second kappa shape index (κ2) is 9.41. The molecule has 2 aliphatic carbocycles. The molecule has 0 radical (unpaired) electrons. The van der Waals surface area contributed by atoms with E-state index in [-0.39, 0.29) is 5.91 Å². The van der Waals surface area contributed by atoms with Crippen molar-refractivity contribution in [3.63, 3.8) is 0 Å². The number of rotatable bonds is 5. The first-order valence-corrected chi connectivity index (χ1v) is 12.5. The smallest absolute Gasteiger partial charge is 0.224 e. The molecule has 2 N–H and O–H groups in total. The zero-order valence-corrected chi connectivity index (χ0v) is 19.6. The third-order valence-corrected chi connectivity index (χ3v) is 7.05. The SMILES string of the molecule is O=C(CC1CCCCC1)Nc1cncc(-c2ccc3c(n2)C(c2nc4ccncc4[nH]2)=CCC3)c1. The molecule has 2 aliphatic rings. The number of pyridine rings is 3. The number of fused-ring (bicyclic) bond motifs is 2. The molecule has 176 valence electrons. The Morgan fingerprint density at radius 1 is 1.03 bits per heavy atom. The quantitative estimate of drug-likeness (QED) is 0.395. The minimum absolute atomic E-state index is 0.0684. The summed E-state index contributed by atoms with van der Waals surface area (Å²) in [6.07, 6.45) is 17.8. The number of hydrogen-bond donors (Lipinski definition) is 2. The van der Waals surface area contributed by atoms with Gasteiger partial charge < -0.3 is 10.3 Å². The van der Waals surface area contributed by atoms with Gasteiger partial charge in [0.15, 0.2) is 0 Å². The molecule has 4 heterocycles. The molecule has 0 unspecified atom stereocenters. The first-order valence-electron chi connectivity index (χ1n) is 12.5. The van der Waals surface area contributed by atoms with Gasteiger partial charge in [-0.15, -0.1) is 0 Å². The number of imidazole rings is 1. The van der Waals surface area contributed by atoms with E-state index in [2.05, 4.69) is 32.4 Å². The van der Waals surface area contributed by atoms with Gasteiger partial charge in [-0.05, 0) is 55.4 Å². The number of nitrogens with one attached hydrogen (secondary N) is 2. The topological polar surface area (TPSA) is 96.5 Å². The molecule has 0 saturated heterocycles. The van der Waals surface area contributed by atoms with Crippen molar-refractivity contribution >= 4 is 28.2 Å². The van der Waals surface area contributed by atoms with Gasteiger partial charge in [-0.25, -0.2) is 9.97 Å². The van der Waals surface area contributed by atoms with E-state index in [1.807, 2.05) is 18.2 Å². The molecule has 1 saturated carbocycles. The number of hydrogen-bond acceptors (Lipinski definition) is 5. The summed E-state index contributed by atoms with van der Waals surface area (Å²) >= 11 is 0. The number of aromatic amines is 1. The monoisotopic (exact) mass is 464 g/mol. The fraction of sp³-hybridized carbons (Fsp3) is 0.321. The van der Waals surface area contributed by atoms with Crippen molar-refractivity contribution in [1.82, 2.24) is 24.9 Å². The summed E-state index contributed by atoms with van der Waals surface area (Å²) in [4.78, 5) is 34.4. The summed E-state index contributed by atoms with van der Waals surface area (Å²) in [7, 11) is 0. The van der Waals surface area contributed by atoms with Crippen LogP contribution in [0.25, 0.3) is 27.9 Å². The maximum atomic E-state index is 12.6. The Hall–Kier alpha value is -3.87. The van der Waals surface area contributed by atoms with E-state index in [9.17, 15) is 4.79 Å². The predicted octanol–water partition coefficient (Wildman–Crippen LogP) is 5.70. The highest BCUT2D eigenvalue weighted by atomic mass is 16.1. The van der Waals surface area contributed by atoms with Crippen molar-refractivity contribution in [2.75, 3.05) is 5.32 Å². The van der Waals surface area contributed by atoms with Gasteiger partial charge in [0.25, 0.3) is 0 Å². The highest BCUT2D eigenvalue weighted by Gasteiger charge is 2.20. The molecule has 35 heavy (non-hydrogen) atoms. The fourth-order valence-electron chi connectivity index (χ4n) is 5.26. The van der Waals surface area contributed by atoms with Crippen molar-refractivity contribution < 1.29 is 4.79 Å². The highest BCUT2D eigenvalue weighted by molar-refractivity contribution is 5.91. The highest BCUT2D eigenvalue weighted by Crippen LogP contribution is 2.32. The second-order valence-corrected chi connectivity index (χ2v) is 9.56. The summed E-state index contributed by atoms with van der Waals surface area (Å²) in [5, 5.41) is 3.05. The molecule has 1 amide bonds. The molecular formula is C28H28N6O. The van der Waals surface area contributed by atoms with Gasteiger partial charge in [-0.1, -0.05) is 31.4 Å². The van der Waals surface area contributed by atoms with Crippen molar-refractivity contribution in [2.45, 2.75) is 51.4 Å². The average Bonchev–Trinajstić information content (AvgIpc) is 3.33. The second-order valence-electron chi connectivity index (χ2n) is 9.56. The summed E-state index contributed by atoms with van der Waals surface area (Å²) in [5.41, 5.74) is 7.36. The van der Waals surface area contributed by atoms with Crippen LogP contribution in [0.2, 0.25) is 0 Å². The minimum atomic E-state index is 0.0684. The van der Waals surface area contributed by atoms with Crippen LogP contribution >= 0.6 is 0 Å². The molecule has 7 nitrogen and oxygen atoms in total. The molecular weight excluding hydrogens is 436 g/mol. The van der Waals surface area contributed by atoms with E-state index >= 15 is 0 Å². The summed E-state index contributed by atoms with van der Waals surface area (Å²) < 4.78 is 0. The predicted molar refractivity (Wildman–Crippen MR) is 137 cm³/mol. The van der Waals surface area contributed by atoms with Crippen molar-refractivity contribution in [3.8, 4) is 11.3 Å². The van der Waals surface area contributed by atoms with Gasteiger partial charge in [0.2, 0.25) is 5.91 Å². The molecule has 4 aromatic rings. The summed E-state index contributed by atoms with van der Waals surface area (Å²) in [6.45, 7) is 0. The number of H-pyrrole nitrogens is 1. The first-order chi connectivity index (χ1) is 17.2. The summed E-state index contributed by atoms with van der Waals surface area (Å²) in [6, 6.07) is 8.04. The van der Waals surface area contributed by atoms with Gasteiger partial charge in [0.1, 0.15) is 5.82 Å². The number of amides is 1.